The summed E-state index contributed by atoms with van der Waals surface area (Å²) in [5, 5.41) is 5.01. The smallest absolute Gasteiger partial charge is 0.242 e. The van der Waals surface area contributed by atoms with Crippen LogP contribution in [0.3, 0.4) is 0 Å². The first-order chi connectivity index (χ1) is 13.7. The van der Waals surface area contributed by atoms with Gasteiger partial charge in [-0.05, 0) is 43.5 Å². The number of hydrogen-bond acceptors (Lipinski definition) is 5. The second-order valence-electron chi connectivity index (χ2n) is 7.01. The molecule has 1 atom stereocenters. The second kappa shape index (κ2) is 8.64. The van der Waals surface area contributed by atoms with Gasteiger partial charge >= 0.3 is 0 Å². The average molecular weight is 435 g/mol. The third-order valence-corrected chi connectivity index (χ3v) is 7.68. The van der Waals surface area contributed by atoms with Gasteiger partial charge < -0.3 is 9.88 Å². The third kappa shape index (κ3) is 4.52. The van der Waals surface area contributed by atoms with Gasteiger partial charge in [-0.1, -0.05) is 6.07 Å². The normalized spacial score (nSPS) is 13.1. The summed E-state index contributed by atoms with van der Waals surface area (Å²) >= 11 is 1.62. The number of rotatable bonds is 8. The molecule has 1 N–H and O–H groups in total. The first-order valence-corrected chi connectivity index (χ1v) is 11.8. The van der Waals surface area contributed by atoms with Crippen molar-refractivity contribution in [3.8, 4) is 0 Å². The maximum absolute atomic E-state index is 12.4. The summed E-state index contributed by atoms with van der Waals surface area (Å²) in [6.07, 6.45) is 0.809. The molecule has 0 saturated heterocycles. The number of carbonyl (C=O) groups excluding carboxylic acids is 1. The zero-order chi connectivity index (χ0) is 21.2. The van der Waals surface area contributed by atoms with Crippen LogP contribution in [0.2, 0.25) is 0 Å². The first kappa shape index (κ1) is 21.5. The highest BCUT2D eigenvalue weighted by Crippen LogP contribution is 2.23. The minimum atomic E-state index is -3.52. The number of nitrogens with zero attached hydrogens (tertiary/aromatic N) is 3. The van der Waals surface area contributed by atoms with E-state index in [1.807, 2.05) is 35.9 Å². The fourth-order valence-electron chi connectivity index (χ4n) is 3.22. The zero-order valence-corrected chi connectivity index (χ0v) is 18.7. The molecular weight excluding hydrogens is 408 g/mol. The molecule has 0 aliphatic heterocycles. The number of aryl methyl sites for hydroxylation is 2. The fourth-order valence-corrected chi connectivity index (χ4v) is 4.88. The largest absolute Gasteiger partial charge is 0.349 e. The molecule has 29 heavy (non-hydrogen) atoms. The lowest BCUT2D eigenvalue weighted by Gasteiger charge is -2.12. The molecule has 0 spiro atoms. The second-order valence-corrected chi connectivity index (χ2v) is 10.1. The summed E-state index contributed by atoms with van der Waals surface area (Å²) in [6.45, 7) is 4.67. The van der Waals surface area contributed by atoms with Gasteiger partial charge in [-0.3, -0.25) is 4.79 Å². The van der Waals surface area contributed by atoms with E-state index in [-0.39, 0.29) is 16.8 Å². The zero-order valence-electron chi connectivity index (χ0n) is 17.0. The highest BCUT2D eigenvalue weighted by Gasteiger charge is 2.20. The number of benzene rings is 1. The summed E-state index contributed by atoms with van der Waals surface area (Å²) in [4.78, 5) is 18.3. The lowest BCUT2D eigenvalue weighted by atomic mass is 10.2. The highest BCUT2D eigenvalue weighted by molar-refractivity contribution is 7.89. The number of imidazole rings is 1. The van der Waals surface area contributed by atoms with Crippen LogP contribution < -0.4 is 5.32 Å². The van der Waals surface area contributed by atoms with E-state index in [1.165, 1.54) is 18.4 Å². The molecule has 0 fully saturated rings. The Kier molecular flexibility index (Phi) is 6.40. The van der Waals surface area contributed by atoms with Crippen molar-refractivity contribution in [3.05, 3.63) is 46.4 Å². The predicted molar refractivity (Wildman–Crippen MR) is 115 cm³/mol. The van der Waals surface area contributed by atoms with E-state index in [2.05, 4.69) is 10.3 Å². The van der Waals surface area contributed by atoms with Crippen molar-refractivity contribution in [3.63, 3.8) is 0 Å². The van der Waals surface area contributed by atoms with Gasteiger partial charge in [0.1, 0.15) is 5.82 Å². The summed E-state index contributed by atoms with van der Waals surface area (Å²) in [5.74, 6) is 0.748. The minimum Gasteiger partial charge on any atom is -0.349 e. The summed E-state index contributed by atoms with van der Waals surface area (Å²) < 4.78 is 28.0. The molecule has 1 aromatic carbocycles. The number of hydrogen-bond donors (Lipinski definition) is 1. The van der Waals surface area contributed by atoms with Crippen molar-refractivity contribution < 1.29 is 13.2 Å². The Balaban J connectivity index is 1.77. The van der Waals surface area contributed by atoms with Crippen LogP contribution in [-0.4, -0.2) is 42.3 Å². The van der Waals surface area contributed by atoms with E-state index in [9.17, 15) is 13.2 Å². The molecule has 0 aliphatic carbocycles. The van der Waals surface area contributed by atoms with Crippen LogP contribution in [0.25, 0.3) is 11.0 Å². The van der Waals surface area contributed by atoms with Crippen LogP contribution in [0.5, 0.6) is 0 Å². The van der Waals surface area contributed by atoms with Gasteiger partial charge in [-0.15, -0.1) is 11.3 Å². The molecule has 1 amide bonds. The van der Waals surface area contributed by atoms with Crippen LogP contribution in [0.15, 0.2) is 40.6 Å². The van der Waals surface area contributed by atoms with Crippen molar-refractivity contribution in [2.24, 2.45) is 0 Å². The molecule has 0 radical (unpaired) electrons. The molecule has 9 heteroatoms. The molecule has 7 nitrogen and oxygen atoms in total. The molecule has 0 bridgehead atoms. The van der Waals surface area contributed by atoms with Crippen LogP contribution in [0.1, 0.15) is 37.0 Å². The number of fused-ring (bicyclic) bond motifs is 1. The van der Waals surface area contributed by atoms with E-state index < -0.39 is 10.0 Å². The quantitative estimate of drug-likeness (QED) is 0.590. The number of thiophene rings is 1. The molecule has 0 saturated carbocycles. The van der Waals surface area contributed by atoms with E-state index in [0.29, 0.717) is 24.9 Å². The number of aromatic nitrogens is 2. The van der Waals surface area contributed by atoms with Crippen LogP contribution >= 0.6 is 11.3 Å². The number of carbonyl (C=O) groups is 1. The Bertz CT molecular complexity index is 1100. The van der Waals surface area contributed by atoms with Gasteiger partial charge in [-0.2, -0.15) is 0 Å². The summed E-state index contributed by atoms with van der Waals surface area (Å²) in [7, 11) is -0.508. The molecule has 1 unspecified atom stereocenters. The van der Waals surface area contributed by atoms with Crippen molar-refractivity contribution in [1.82, 2.24) is 19.2 Å². The summed E-state index contributed by atoms with van der Waals surface area (Å²) in [5.41, 5.74) is 1.49. The molecule has 3 aromatic rings. The Labute approximate surface area is 175 Å². The van der Waals surface area contributed by atoms with Gasteiger partial charge in [0.25, 0.3) is 0 Å². The maximum Gasteiger partial charge on any atom is 0.242 e. The maximum atomic E-state index is 12.4. The topological polar surface area (TPSA) is 84.3 Å². The Morgan fingerprint density at radius 3 is 2.69 bits per heavy atom. The molecule has 0 aliphatic rings. The van der Waals surface area contributed by atoms with Crippen LogP contribution in [-0.2, 0) is 27.8 Å². The lowest BCUT2D eigenvalue weighted by Crippen LogP contribution is -2.26. The van der Waals surface area contributed by atoms with Gasteiger partial charge in [0.05, 0.1) is 22.0 Å². The number of amides is 1. The van der Waals surface area contributed by atoms with Crippen LogP contribution in [0.4, 0.5) is 0 Å². The van der Waals surface area contributed by atoms with E-state index in [0.717, 1.165) is 16.2 Å². The van der Waals surface area contributed by atoms with Crippen molar-refractivity contribution in [1.29, 1.82) is 0 Å². The number of nitrogens with one attached hydrogen (secondary N) is 1. The molecule has 156 valence electrons. The SMILES string of the molecule is CCn1c(CCC(=O)NC(C)c2cccs2)nc2cc(S(=O)(=O)N(C)C)ccc21. The lowest BCUT2D eigenvalue weighted by molar-refractivity contribution is -0.121. The summed E-state index contributed by atoms with van der Waals surface area (Å²) in [6, 6.07) is 8.93. The van der Waals surface area contributed by atoms with E-state index in [4.69, 9.17) is 0 Å². The molecule has 3 rings (SSSR count). The number of sulfonamides is 1. The highest BCUT2D eigenvalue weighted by atomic mass is 32.2. The third-order valence-electron chi connectivity index (χ3n) is 4.82. The molecule has 2 heterocycles. The predicted octanol–water partition coefficient (Wildman–Crippen LogP) is 3.18. The molecule has 2 aromatic heterocycles. The van der Waals surface area contributed by atoms with Gasteiger partial charge in [-0.25, -0.2) is 17.7 Å². The standard InChI is InChI=1S/C20H26N4O3S2/c1-5-24-17-9-8-15(29(26,27)23(3)4)13-16(17)22-19(24)10-11-20(25)21-14(2)18-7-6-12-28-18/h6-9,12-14H,5,10-11H2,1-4H3,(H,21,25). The Hall–Kier alpha value is -2.23. The fraction of sp³-hybridized carbons (Fsp3) is 0.400. The average Bonchev–Trinajstić information content (AvgIpc) is 3.33. The van der Waals surface area contributed by atoms with Crippen molar-refractivity contribution in [2.75, 3.05) is 14.1 Å². The van der Waals surface area contributed by atoms with Gasteiger partial charge in [0.2, 0.25) is 15.9 Å². The van der Waals surface area contributed by atoms with Crippen molar-refractivity contribution in [2.45, 2.75) is 44.2 Å². The minimum absolute atomic E-state index is 0.0220. The molecular formula is C20H26N4O3S2. The Morgan fingerprint density at radius 1 is 1.31 bits per heavy atom. The van der Waals surface area contributed by atoms with Crippen LogP contribution in [0, 0.1) is 0 Å². The first-order valence-electron chi connectivity index (χ1n) is 9.48. The van der Waals surface area contributed by atoms with Gasteiger partial charge in [0.15, 0.2) is 0 Å². The van der Waals surface area contributed by atoms with Gasteiger partial charge in [0, 0.05) is 38.4 Å². The van der Waals surface area contributed by atoms with E-state index >= 15 is 0 Å². The van der Waals surface area contributed by atoms with Crippen molar-refractivity contribution >= 4 is 38.3 Å². The van der Waals surface area contributed by atoms with E-state index in [1.54, 1.807) is 29.5 Å². The monoisotopic (exact) mass is 434 g/mol. The Morgan fingerprint density at radius 2 is 2.07 bits per heavy atom.